The van der Waals surface area contributed by atoms with Gasteiger partial charge in [0.05, 0.1) is 6.42 Å². The van der Waals surface area contributed by atoms with Crippen LogP contribution in [-0.2, 0) is 11.2 Å². The molecule has 0 aliphatic heterocycles. The Bertz CT molecular complexity index is 534. The number of rotatable bonds is 4. The summed E-state index contributed by atoms with van der Waals surface area (Å²) in [5.74, 6) is -3.79. The van der Waals surface area contributed by atoms with Gasteiger partial charge >= 0.3 is 5.97 Å². The highest BCUT2D eigenvalue weighted by Gasteiger charge is 2.37. The molecule has 1 aromatic rings. The monoisotopic (exact) mass is 317 g/mol. The van der Waals surface area contributed by atoms with Crippen LogP contribution < -0.4 is 0 Å². The average molecular weight is 317 g/mol. The number of hydrogen-bond acceptors (Lipinski definition) is 3. The van der Waals surface area contributed by atoms with Crippen LogP contribution in [0.5, 0.6) is 0 Å². The summed E-state index contributed by atoms with van der Waals surface area (Å²) in [7, 11) is 1.63. The Labute approximate surface area is 125 Å². The molecular formula is C14H17F2NO3S. The molecule has 1 saturated carbocycles. The zero-order valence-corrected chi connectivity index (χ0v) is 12.5. The maximum absolute atomic E-state index is 13.1. The van der Waals surface area contributed by atoms with Crippen molar-refractivity contribution in [3.8, 4) is 0 Å². The van der Waals surface area contributed by atoms with E-state index in [-0.39, 0.29) is 36.1 Å². The molecule has 0 atom stereocenters. The number of carbonyl (C=O) groups excluding carboxylic acids is 1. The van der Waals surface area contributed by atoms with Crippen molar-refractivity contribution in [2.75, 3.05) is 7.05 Å². The maximum Gasteiger partial charge on any atom is 0.345 e. The van der Waals surface area contributed by atoms with Crippen molar-refractivity contribution in [2.45, 2.75) is 44.1 Å². The van der Waals surface area contributed by atoms with Gasteiger partial charge < -0.3 is 10.0 Å². The number of halogens is 2. The standard InChI is InChI=1S/C14H17F2NO3S/c1-17(10-2-4-14(15,16)5-3-10)12(18)7-9-6-11(13(19)20)21-8-9/h6,8,10H,2-5,7H2,1H3,(H,19,20). The SMILES string of the molecule is CN(C(=O)Cc1csc(C(=O)O)c1)C1CCC(F)(F)CC1. The molecule has 4 nitrogen and oxygen atoms in total. The van der Waals surface area contributed by atoms with E-state index in [1.807, 2.05) is 0 Å². The molecule has 1 fully saturated rings. The summed E-state index contributed by atoms with van der Waals surface area (Å²) in [5, 5.41) is 10.5. The van der Waals surface area contributed by atoms with Crippen molar-refractivity contribution in [1.82, 2.24) is 4.90 Å². The minimum absolute atomic E-state index is 0.104. The Hall–Kier alpha value is -1.50. The molecular weight excluding hydrogens is 300 g/mol. The molecule has 1 N–H and O–H groups in total. The summed E-state index contributed by atoms with van der Waals surface area (Å²) in [5.41, 5.74) is 0.649. The Morgan fingerprint density at radius 3 is 2.57 bits per heavy atom. The Morgan fingerprint density at radius 1 is 1.43 bits per heavy atom. The van der Waals surface area contributed by atoms with Crippen molar-refractivity contribution in [1.29, 1.82) is 0 Å². The number of carbonyl (C=O) groups is 2. The highest BCUT2D eigenvalue weighted by molar-refractivity contribution is 7.12. The van der Waals surface area contributed by atoms with E-state index in [0.717, 1.165) is 11.3 Å². The van der Waals surface area contributed by atoms with Gasteiger partial charge in [-0.05, 0) is 29.9 Å². The maximum atomic E-state index is 13.1. The number of hydrogen-bond donors (Lipinski definition) is 1. The molecule has 116 valence electrons. The second kappa shape index (κ2) is 6.09. The summed E-state index contributed by atoms with van der Waals surface area (Å²) in [4.78, 5) is 24.6. The summed E-state index contributed by atoms with van der Waals surface area (Å²) in [6, 6.07) is 1.32. The highest BCUT2D eigenvalue weighted by atomic mass is 32.1. The predicted molar refractivity (Wildman–Crippen MR) is 75.0 cm³/mol. The van der Waals surface area contributed by atoms with Gasteiger partial charge in [-0.3, -0.25) is 4.79 Å². The third kappa shape index (κ3) is 4.00. The van der Waals surface area contributed by atoms with Crippen LogP contribution in [0.15, 0.2) is 11.4 Å². The fraction of sp³-hybridized carbons (Fsp3) is 0.571. The third-order valence-corrected chi connectivity index (χ3v) is 4.81. The van der Waals surface area contributed by atoms with E-state index in [4.69, 9.17) is 5.11 Å². The van der Waals surface area contributed by atoms with Gasteiger partial charge in [-0.15, -0.1) is 11.3 Å². The molecule has 1 aromatic heterocycles. The topological polar surface area (TPSA) is 57.6 Å². The molecule has 21 heavy (non-hydrogen) atoms. The van der Waals surface area contributed by atoms with Gasteiger partial charge in [0.2, 0.25) is 11.8 Å². The first-order chi connectivity index (χ1) is 9.78. The van der Waals surface area contributed by atoms with E-state index in [0.29, 0.717) is 18.4 Å². The van der Waals surface area contributed by atoms with Crippen molar-refractivity contribution >= 4 is 23.2 Å². The zero-order valence-electron chi connectivity index (χ0n) is 11.6. The molecule has 0 bridgehead atoms. The van der Waals surface area contributed by atoms with E-state index in [9.17, 15) is 18.4 Å². The van der Waals surface area contributed by atoms with Crippen LogP contribution in [0.4, 0.5) is 8.78 Å². The number of aromatic carboxylic acids is 1. The first-order valence-corrected chi connectivity index (χ1v) is 7.61. The number of nitrogens with zero attached hydrogens (tertiary/aromatic N) is 1. The molecule has 1 heterocycles. The van der Waals surface area contributed by atoms with Gasteiger partial charge in [0, 0.05) is 25.9 Å². The largest absolute Gasteiger partial charge is 0.477 e. The van der Waals surface area contributed by atoms with Crippen LogP contribution in [0.1, 0.15) is 40.9 Å². The molecule has 2 rings (SSSR count). The van der Waals surface area contributed by atoms with E-state index in [1.165, 1.54) is 11.0 Å². The molecule has 1 amide bonds. The number of amides is 1. The Balaban J connectivity index is 1.92. The lowest BCUT2D eigenvalue weighted by Crippen LogP contribution is -2.42. The normalized spacial score (nSPS) is 18.4. The molecule has 7 heteroatoms. The first-order valence-electron chi connectivity index (χ1n) is 6.73. The van der Waals surface area contributed by atoms with E-state index in [2.05, 4.69) is 0 Å². The second-order valence-corrected chi connectivity index (χ2v) is 6.30. The third-order valence-electron chi connectivity index (χ3n) is 3.85. The molecule has 0 radical (unpaired) electrons. The molecule has 1 aliphatic rings. The zero-order chi connectivity index (χ0) is 15.6. The van der Waals surface area contributed by atoms with Crippen molar-refractivity contribution in [2.24, 2.45) is 0 Å². The fourth-order valence-electron chi connectivity index (χ4n) is 2.50. The van der Waals surface area contributed by atoms with Gasteiger partial charge in [-0.25, -0.2) is 13.6 Å². The van der Waals surface area contributed by atoms with Crippen molar-refractivity contribution in [3.63, 3.8) is 0 Å². The fourth-order valence-corrected chi connectivity index (χ4v) is 3.25. The van der Waals surface area contributed by atoms with Crippen LogP contribution in [0.25, 0.3) is 0 Å². The average Bonchev–Trinajstić information content (AvgIpc) is 2.86. The van der Waals surface area contributed by atoms with Gasteiger partial charge in [0.1, 0.15) is 4.88 Å². The highest BCUT2D eigenvalue weighted by Crippen LogP contribution is 2.34. The number of carboxylic acids is 1. The van der Waals surface area contributed by atoms with Crippen LogP contribution in [0, 0.1) is 0 Å². The lowest BCUT2D eigenvalue weighted by Gasteiger charge is -2.34. The van der Waals surface area contributed by atoms with Crippen LogP contribution in [0.2, 0.25) is 0 Å². The number of alkyl halides is 2. The molecule has 1 aliphatic carbocycles. The summed E-state index contributed by atoms with van der Waals surface area (Å²) >= 11 is 1.08. The van der Waals surface area contributed by atoms with Gasteiger partial charge in [0.15, 0.2) is 0 Å². The predicted octanol–water partition coefficient (Wildman–Crippen LogP) is 3.03. The smallest absolute Gasteiger partial charge is 0.345 e. The lowest BCUT2D eigenvalue weighted by molar-refractivity contribution is -0.134. The lowest BCUT2D eigenvalue weighted by atomic mass is 9.91. The molecule has 0 spiro atoms. The number of likely N-dealkylation sites (N-methyl/N-ethyl adjacent to an activating group) is 1. The van der Waals surface area contributed by atoms with Crippen molar-refractivity contribution < 1.29 is 23.5 Å². The van der Waals surface area contributed by atoms with E-state index in [1.54, 1.807) is 12.4 Å². The minimum atomic E-state index is -2.61. The quantitative estimate of drug-likeness (QED) is 0.928. The molecule has 0 saturated heterocycles. The molecule has 0 aromatic carbocycles. The van der Waals surface area contributed by atoms with Crippen LogP contribution >= 0.6 is 11.3 Å². The first kappa shape index (κ1) is 15.9. The number of thiophene rings is 1. The molecule has 0 unspecified atom stereocenters. The summed E-state index contributed by atoms with van der Waals surface area (Å²) in [6.07, 6.45) is 0.347. The van der Waals surface area contributed by atoms with Crippen LogP contribution in [-0.4, -0.2) is 40.9 Å². The Morgan fingerprint density at radius 2 is 2.05 bits per heavy atom. The van der Waals surface area contributed by atoms with Gasteiger partial charge in [-0.1, -0.05) is 0 Å². The minimum Gasteiger partial charge on any atom is -0.477 e. The van der Waals surface area contributed by atoms with E-state index >= 15 is 0 Å². The number of carboxylic acid groups (broad SMARTS) is 1. The van der Waals surface area contributed by atoms with E-state index < -0.39 is 11.9 Å². The summed E-state index contributed by atoms with van der Waals surface area (Å²) in [6.45, 7) is 0. The van der Waals surface area contributed by atoms with Gasteiger partial charge in [0.25, 0.3) is 0 Å². The van der Waals surface area contributed by atoms with Crippen LogP contribution in [0.3, 0.4) is 0 Å². The summed E-state index contributed by atoms with van der Waals surface area (Å²) < 4.78 is 26.2. The van der Waals surface area contributed by atoms with Gasteiger partial charge in [-0.2, -0.15) is 0 Å². The second-order valence-electron chi connectivity index (χ2n) is 5.39. The Kier molecular flexibility index (Phi) is 4.61. The van der Waals surface area contributed by atoms with Crippen molar-refractivity contribution in [3.05, 3.63) is 21.9 Å².